The molecular formula is C13H15Cl3O3S. The molecule has 7 heteroatoms. The second-order valence-corrected chi connectivity index (χ2v) is 8.52. The van der Waals surface area contributed by atoms with E-state index in [0.717, 1.165) is 0 Å². The van der Waals surface area contributed by atoms with E-state index in [1.54, 1.807) is 6.92 Å². The van der Waals surface area contributed by atoms with Crippen LogP contribution in [0.2, 0.25) is 0 Å². The topological polar surface area (TPSA) is 54.4 Å². The molecule has 0 unspecified atom stereocenters. The molecule has 112 valence electrons. The first-order chi connectivity index (χ1) is 9.11. The number of carboxylic acids is 1. The molecule has 0 aliphatic heterocycles. The normalized spacial score (nSPS) is 14.9. The number of benzene rings is 1. The highest BCUT2D eigenvalue weighted by Crippen LogP contribution is 2.43. The Morgan fingerprint density at radius 2 is 1.95 bits per heavy atom. The number of rotatable bonds is 4. The van der Waals surface area contributed by atoms with Gasteiger partial charge in [-0.3, -0.25) is 4.21 Å². The lowest BCUT2D eigenvalue weighted by atomic mass is 10.1. The van der Waals surface area contributed by atoms with Gasteiger partial charge in [0.05, 0.1) is 21.3 Å². The van der Waals surface area contributed by atoms with Crippen molar-refractivity contribution in [3.05, 3.63) is 28.8 Å². The quantitative estimate of drug-likeness (QED) is 0.811. The van der Waals surface area contributed by atoms with Gasteiger partial charge in [0.1, 0.15) is 0 Å². The van der Waals surface area contributed by atoms with Gasteiger partial charge in [-0.15, -0.1) is 0 Å². The van der Waals surface area contributed by atoms with Gasteiger partial charge in [-0.25, -0.2) is 4.79 Å². The monoisotopic (exact) mass is 356 g/mol. The summed E-state index contributed by atoms with van der Waals surface area (Å²) in [6, 6.07) is 2.78. The van der Waals surface area contributed by atoms with Gasteiger partial charge in [-0.1, -0.05) is 54.7 Å². The number of carbonyl (C=O) groups is 1. The fourth-order valence-electron chi connectivity index (χ4n) is 1.76. The maximum absolute atomic E-state index is 12.6. The number of hydrogen-bond acceptors (Lipinski definition) is 2. The molecule has 0 aromatic heterocycles. The molecule has 1 N–H and O–H groups in total. The zero-order valence-electron chi connectivity index (χ0n) is 11.2. The predicted molar refractivity (Wildman–Crippen MR) is 83.5 cm³/mol. The summed E-state index contributed by atoms with van der Waals surface area (Å²) in [6.07, 6.45) is 0.669. The Morgan fingerprint density at radius 3 is 2.35 bits per heavy atom. The van der Waals surface area contributed by atoms with E-state index in [1.165, 1.54) is 12.1 Å². The molecule has 0 radical (unpaired) electrons. The summed E-state index contributed by atoms with van der Waals surface area (Å²) in [5.41, 5.74) is 0.707. The summed E-state index contributed by atoms with van der Waals surface area (Å²) in [4.78, 5) is 11.5. The standard InChI is InChI=1S/C13H15Cl3O3S/c1-4-7(2)20(19)11-8(3)9(12(17)18)5-6-10(11)13(14,15)16/h5-7H,4H2,1-3H3,(H,17,18)/t7-,20+/m0/s1. The Labute approximate surface area is 135 Å². The van der Waals surface area contributed by atoms with Gasteiger partial charge in [0.25, 0.3) is 0 Å². The molecule has 0 heterocycles. The van der Waals surface area contributed by atoms with Crippen molar-refractivity contribution in [2.24, 2.45) is 0 Å². The SMILES string of the molecule is CC[C@H](C)[S@@](=O)c1c(C(Cl)(Cl)Cl)ccc(C(=O)O)c1C. The highest BCUT2D eigenvalue weighted by Gasteiger charge is 2.32. The smallest absolute Gasteiger partial charge is 0.335 e. The summed E-state index contributed by atoms with van der Waals surface area (Å²) < 4.78 is 10.8. The van der Waals surface area contributed by atoms with Crippen LogP contribution in [-0.2, 0) is 14.6 Å². The molecule has 0 spiro atoms. The third-order valence-corrected chi connectivity index (χ3v) is 5.69. The molecule has 1 aromatic carbocycles. The van der Waals surface area contributed by atoms with Crippen molar-refractivity contribution in [3.63, 3.8) is 0 Å². The van der Waals surface area contributed by atoms with Gasteiger partial charge in [-0.2, -0.15) is 0 Å². The highest BCUT2D eigenvalue weighted by molar-refractivity contribution is 7.85. The van der Waals surface area contributed by atoms with E-state index in [4.69, 9.17) is 39.9 Å². The van der Waals surface area contributed by atoms with Crippen molar-refractivity contribution < 1.29 is 14.1 Å². The molecule has 0 bridgehead atoms. The third kappa shape index (κ3) is 3.67. The summed E-state index contributed by atoms with van der Waals surface area (Å²) >= 11 is 17.7. The molecule has 0 aliphatic rings. The van der Waals surface area contributed by atoms with Crippen molar-refractivity contribution in [1.82, 2.24) is 0 Å². The van der Waals surface area contributed by atoms with E-state index in [2.05, 4.69) is 0 Å². The van der Waals surface area contributed by atoms with Crippen LogP contribution in [0.25, 0.3) is 0 Å². The highest BCUT2D eigenvalue weighted by atomic mass is 35.6. The number of aromatic carboxylic acids is 1. The van der Waals surface area contributed by atoms with Crippen LogP contribution in [0, 0.1) is 6.92 Å². The minimum absolute atomic E-state index is 0.0645. The summed E-state index contributed by atoms with van der Waals surface area (Å²) in [6.45, 7) is 5.29. The van der Waals surface area contributed by atoms with Gasteiger partial charge in [-0.05, 0) is 25.0 Å². The van der Waals surface area contributed by atoms with E-state index in [9.17, 15) is 9.00 Å². The lowest BCUT2D eigenvalue weighted by molar-refractivity contribution is 0.0695. The van der Waals surface area contributed by atoms with Crippen molar-refractivity contribution in [3.8, 4) is 0 Å². The first kappa shape index (κ1) is 17.8. The van der Waals surface area contributed by atoms with Crippen molar-refractivity contribution in [2.75, 3.05) is 0 Å². The molecule has 0 amide bonds. The van der Waals surface area contributed by atoms with Crippen LogP contribution in [0.15, 0.2) is 17.0 Å². The Hall–Kier alpha value is -0.290. The minimum Gasteiger partial charge on any atom is -0.478 e. The average Bonchev–Trinajstić information content (AvgIpc) is 2.34. The zero-order valence-corrected chi connectivity index (χ0v) is 14.3. The molecule has 0 aliphatic carbocycles. The maximum Gasteiger partial charge on any atom is 0.335 e. The predicted octanol–water partition coefficient (Wildman–Crippen LogP) is 4.43. The Balaban J connectivity index is 3.62. The van der Waals surface area contributed by atoms with Crippen LogP contribution in [0.5, 0.6) is 0 Å². The first-order valence-corrected chi connectivity index (χ1v) is 8.30. The second kappa shape index (κ2) is 6.65. The Kier molecular flexibility index (Phi) is 5.90. The van der Waals surface area contributed by atoms with Gasteiger partial charge >= 0.3 is 5.97 Å². The van der Waals surface area contributed by atoms with E-state index in [0.29, 0.717) is 16.9 Å². The zero-order chi connectivity index (χ0) is 15.7. The maximum atomic E-state index is 12.6. The number of halogens is 3. The fraction of sp³-hybridized carbons (Fsp3) is 0.462. The van der Waals surface area contributed by atoms with Crippen LogP contribution in [-0.4, -0.2) is 20.5 Å². The van der Waals surface area contributed by atoms with Gasteiger partial charge in [0.15, 0.2) is 0 Å². The molecule has 0 saturated heterocycles. The van der Waals surface area contributed by atoms with E-state index >= 15 is 0 Å². The summed E-state index contributed by atoms with van der Waals surface area (Å²) in [5.74, 6) is -1.10. The Morgan fingerprint density at radius 1 is 1.40 bits per heavy atom. The van der Waals surface area contributed by atoms with Gasteiger partial charge in [0.2, 0.25) is 3.79 Å². The number of alkyl halides is 3. The third-order valence-electron chi connectivity index (χ3n) is 3.08. The lowest BCUT2D eigenvalue weighted by Crippen LogP contribution is -2.18. The van der Waals surface area contributed by atoms with Crippen LogP contribution >= 0.6 is 34.8 Å². The minimum atomic E-state index is -1.75. The molecule has 0 fully saturated rings. The molecule has 1 rings (SSSR count). The summed E-state index contributed by atoms with van der Waals surface area (Å²) in [7, 11) is -1.44. The van der Waals surface area contributed by atoms with Crippen molar-refractivity contribution in [1.29, 1.82) is 0 Å². The van der Waals surface area contributed by atoms with Gasteiger partial charge < -0.3 is 5.11 Å². The molecule has 3 nitrogen and oxygen atoms in total. The lowest BCUT2D eigenvalue weighted by Gasteiger charge is -2.21. The second-order valence-electron chi connectivity index (χ2n) is 4.43. The van der Waals surface area contributed by atoms with Crippen LogP contribution in [0.1, 0.15) is 41.8 Å². The average molecular weight is 358 g/mol. The number of hydrogen-bond donors (Lipinski definition) is 1. The molecular weight excluding hydrogens is 343 g/mol. The van der Waals surface area contributed by atoms with E-state index in [1.807, 2.05) is 13.8 Å². The number of carboxylic acid groups (broad SMARTS) is 1. The van der Waals surface area contributed by atoms with Crippen LogP contribution in [0.4, 0.5) is 0 Å². The van der Waals surface area contributed by atoms with Crippen LogP contribution < -0.4 is 0 Å². The first-order valence-electron chi connectivity index (χ1n) is 5.95. The summed E-state index contributed by atoms with van der Waals surface area (Å²) in [5, 5.41) is 9.00. The fourth-order valence-corrected chi connectivity index (χ4v) is 3.95. The molecule has 20 heavy (non-hydrogen) atoms. The van der Waals surface area contributed by atoms with Crippen molar-refractivity contribution in [2.45, 2.75) is 41.1 Å². The van der Waals surface area contributed by atoms with Crippen molar-refractivity contribution >= 4 is 51.6 Å². The molecule has 1 aromatic rings. The molecule has 0 saturated carbocycles. The largest absolute Gasteiger partial charge is 0.478 e. The van der Waals surface area contributed by atoms with E-state index in [-0.39, 0.29) is 16.4 Å². The van der Waals surface area contributed by atoms with E-state index < -0.39 is 20.6 Å². The van der Waals surface area contributed by atoms with Gasteiger partial charge in [0, 0.05) is 10.8 Å². The molecule has 2 atom stereocenters. The van der Waals surface area contributed by atoms with Crippen LogP contribution in [0.3, 0.4) is 0 Å². The Bertz CT molecular complexity index is 553.